The first kappa shape index (κ1) is 14.7. The Bertz CT molecular complexity index is 345. The van der Waals surface area contributed by atoms with Gasteiger partial charge in [0.05, 0.1) is 18.8 Å². The number of rotatable bonds is 8. The Morgan fingerprint density at radius 3 is 2.72 bits per heavy atom. The van der Waals surface area contributed by atoms with Crippen molar-refractivity contribution in [3.63, 3.8) is 0 Å². The summed E-state index contributed by atoms with van der Waals surface area (Å²) < 4.78 is 16.0. The fraction of sp³-hybridized carbons (Fsp3) is 0.615. The Labute approximate surface area is 108 Å². The van der Waals surface area contributed by atoms with Crippen LogP contribution in [0.15, 0.2) is 18.3 Å². The van der Waals surface area contributed by atoms with Crippen LogP contribution in [0.1, 0.15) is 13.8 Å². The Kier molecular flexibility index (Phi) is 6.46. The van der Waals surface area contributed by atoms with E-state index in [9.17, 15) is 0 Å². The van der Waals surface area contributed by atoms with Crippen molar-refractivity contribution >= 4 is 5.82 Å². The number of aromatic nitrogens is 1. The van der Waals surface area contributed by atoms with Gasteiger partial charge in [0.2, 0.25) is 0 Å². The summed E-state index contributed by atoms with van der Waals surface area (Å²) in [4.78, 5) is 4.27. The van der Waals surface area contributed by atoms with Gasteiger partial charge < -0.3 is 19.5 Å². The zero-order valence-electron chi connectivity index (χ0n) is 11.5. The second-order valence-electron chi connectivity index (χ2n) is 4.21. The van der Waals surface area contributed by atoms with E-state index in [1.165, 1.54) is 0 Å². The first-order valence-corrected chi connectivity index (χ1v) is 6.04. The Morgan fingerprint density at radius 1 is 1.33 bits per heavy atom. The summed E-state index contributed by atoms with van der Waals surface area (Å²) in [6.45, 7) is 5.13. The molecule has 0 bridgehead atoms. The fourth-order valence-electron chi connectivity index (χ4n) is 1.48. The summed E-state index contributed by atoms with van der Waals surface area (Å²) in [6, 6.07) is 3.75. The van der Waals surface area contributed by atoms with Crippen LogP contribution < -0.4 is 10.1 Å². The Balaban J connectivity index is 2.60. The zero-order valence-corrected chi connectivity index (χ0v) is 11.5. The van der Waals surface area contributed by atoms with E-state index in [1.54, 1.807) is 20.4 Å². The average Bonchev–Trinajstić information content (AvgIpc) is 2.35. The van der Waals surface area contributed by atoms with Gasteiger partial charge in [-0.1, -0.05) is 0 Å². The molecule has 18 heavy (non-hydrogen) atoms. The lowest BCUT2D eigenvalue weighted by Crippen LogP contribution is -2.27. The quantitative estimate of drug-likeness (QED) is 0.768. The lowest BCUT2D eigenvalue weighted by atomic mass is 10.3. The maximum atomic E-state index is 5.67. The normalized spacial score (nSPS) is 12.5. The van der Waals surface area contributed by atoms with Gasteiger partial charge in [0.1, 0.15) is 0 Å². The van der Waals surface area contributed by atoms with Gasteiger partial charge in [-0.25, -0.2) is 4.98 Å². The number of hydrogen-bond donors (Lipinski definition) is 1. The third-order valence-electron chi connectivity index (χ3n) is 2.32. The van der Waals surface area contributed by atoms with Gasteiger partial charge in [-0.3, -0.25) is 0 Å². The molecule has 1 atom stereocenters. The van der Waals surface area contributed by atoms with Gasteiger partial charge in [0, 0.05) is 27.0 Å². The summed E-state index contributed by atoms with van der Waals surface area (Å²) >= 11 is 0. The lowest BCUT2D eigenvalue weighted by molar-refractivity contribution is 0.0365. The highest BCUT2D eigenvalue weighted by atomic mass is 16.5. The van der Waals surface area contributed by atoms with E-state index in [0.29, 0.717) is 13.2 Å². The van der Waals surface area contributed by atoms with E-state index < -0.39 is 0 Å². The van der Waals surface area contributed by atoms with Crippen LogP contribution in [0, 0.1) is 0 Å². The third-order valence-corrected chi connectivity index (χ3v) is 2.32. The average molecular weight is 254 g/mol. The van der Waals surface area contributed by atoms with E-state index in [-0.39, 0.29) is 12.2 Å². The highest BCUT2D eigenvalue weighted by Gasteiger charge is 2.10. The first-order chi connectivity index (χ1) is 8.67. The maximum Gasteiger partial charge on any atom is 0.168 e. The second-order valence-corrected chi connectivity index (χ2v) is 4.21. The fourth-order valence-corrected chi connectivity index (χ4v) is 1.48. The molecule has 5 nitrogen and oxygen atoms in total. The van der Waals surface area contributed by atoms with Crippen LogP contribution in [0.2, 0.25) is 0 Å². The summed E-state index contributed by atoms with van der Waals surface area (Å²) in [5, 5.41) is 3.21. The molecular weight excluding hydrogens is 232 g/mol. The van der Waals surface area contributed by atoms with Crippen molar-refractivity contribution in [3.8, 4) is 5.75 Å². The summed E-state index contributed by atoms with van der Waals surface area (Å²) in [5.74, 6) is 1.48. The SMILES string of the molecule is COCC(CNc1ncccc1OC(C)C)OC. The van der Waals surface area contributed by atoms with Crippen molar-refractivity contribution in [2.75, 3.05) is 32.7 Å². The maximum absolute atomic E-state index is 5.67. The van der Waals surface area contributed by atoms with Crippen molar-refractivity contribution in [2.45, 2.75) is 26.1 Å². The molecule has 0 fully saturated rings. The number of anilines is 1. The molecule has 0 aliphatic carbocycles. The third kappa shape index (κ3) is 4.89. The molecule has 0 radical (unpaired) electrons. The van der Waals surface area contributed by atoms with Crippen LogP contribution >= 0.6 is 0 Å². The van der Waals surface area contributed by atoms with Crippen molar-refractivity contribution in [1.82, 2.24) is 4.98 Å². The number of ether oxygens (including phenoxy) is 3. The van der Waals surface area contributed by atoms with Gasteiger partial charge in [-0.05, 0) is 26.0 Å². The van der Waals surface area contributed by atoms with Crippen molar-refractivity contribution in [3.05, 3.63) is 18.3 Å². The minimum Gasteiger partial charge on any atom is -0.487 e. The number of nitrogens with one attached hydrogen (secondary N) is 1. The highest BCUT2D eigenvalue weighted by Crippen LogP contribution is 2.21. The molecule has 1 heterocycles. The van der Waals surface area contributed by atoms with Crippen LogP contribution in [0.5, 0.6) is 5.75 Å². The molecule has 1 unspecified atom stereocenters. The first-order valence-electron chi connectivity index (χ1n) is 6.04. The summed E-state index contributed by atoms with van der Waals surface area (Å²) in [7, 11) is 3.31. The van der Waals surface area contributed by atoms with Gasteiger partial charge >= 0.3 is 0 Å². The topological polar surface area (TPSA) is 52.6 Å². The van der Waals surface area contributed by atoms with Gasteiger partial charge in [0.25, 0.3) is 0 Å². The van der Waals surface area contributed by atoms with Crippen LogP contribution in [-0.2, 0) is 9.47 Å². The Hall–Kier alpha value is -1.33. The monoisotopic (exact) mass is 254 g/mol. The van der Waals surface area contributed by atoms with Gasteiger partial charge in [-0.2, -0.15) is 0 Å². The molecule has 0 amide bonds. The Morgan fingerprint density at radius 2 is 2.11 bits per heavy atom. The molecule has 1 aromatic heterocycles. The molecule has 0 aliphatic rings. The molecule has 0 saturated heterocycles. The molecule has 1 rings (SSSR count). The van der Waals surface area contributed by atoms with E-state index >= 15 is 0 Å². The molecule has 1 N–H and O–H groups in total. The molecule has 102 valence electrons. The summed E-state index contributed by atoms with van der Waals surface area (Å²) in [6.07, 6.45) is 1.84. The van der Waals surface area contributed by atoms with Crippen LogP contribution in [0.3, 0.4) is 0 Å². The summed E-state index contributed by atoms with van der Waals surface area (Å²) in [5.41, 5.74) is 0. The second kappa shape index (κ2) is 7.89. The van der Waals surface area contributed by atoms with E-state index in [2.05, 4.69) is 10.3 Å². The molecule has 0 saturated carbocycles. The minimum atomic E-state index is -0.0103. The van der Waals surface area contributed by atoms with E-state index in [0.717, 1.165) is 11.6 Å². The van der Waals surface area contributed by atoms with Crippen molar-refractivity contribution < 1.29 is 14.2 Å². The predicted molar refractivity (Wildman–Crippen MR) is 71.2 cm³/mol. The van der Waals surface area contributed by atoms with Crippen LogP contribution in [0.4, 0.5) is 5.82 Å². The number of pyridine rings is 1. The number of methoxy groups -OCH3 is 2. The van der Waals surface area contributed by atoms with E-state index in [1.807, 2.05) is 26.0 Å². The minimum absolute atomic E-state index is 0.0103. The smallest absolute Gasteiger partial charge is 0.168 e. The molecule has 0 aliphatic heterocycles. The van der Waals surface area contributed by atoms with Gasteiger partial charge in [-0.15, -0.1) is 0 Å². The molecular formula is C13H22N2O3. The largest absolute Gasteiger partial charge is 0.487 e. The van der Waals surface area contributed by atoms with E-state index in [4.69, 9.17) is 14.2 Å². The van der Waals surface area contributed by atoms with Crippen molar-refractivity contribution in [2.24, 2.45) is 0 Å². The molecule has 0 spiro atoms. The highest BCUT2D eigenvalue weighted by molar-refractivity contribution is 5.49. The zero-order chi connectivity index (χ0) is 13.4. The van der Waals surface area contributed by atoms with Crippen molar-refractivity contribution in [1.29, 1.82) is 0 Å². The number of nitrogens with zero attached hydrogens (tertiary/aromatic N) is 1. The standard InChI is InChI=1S/C13H22N2O3/c1-10(2)18-12-6-5-7-14-13(12)15-8-11(17-4)9-16-3/h5-7,10-11H,8-9H2,1-4H3,(H,14,15). The lowest BCUT2D eigenvalue weighted by Gasteiger charge is -2.18. The van der Waals surface area contributed by atoms with Crippen LogP contribution in [-0.4, -0.2) is 44.6 Å². The van der Waals surface area contributed by atoms with Gasteiger partial charge in [0.15, 0.2) is 11.6 Å². The molecule has 5 heteroatoms. The number of hydrogen-bond acceptors (Lipinski definition) is 5. The van der Waals surface area contributed by atoms with Crippen LogP contribution in [0.25, 0.3) is 0 Å². The molecule has 0 aromatic carbocycles. The molecule has 1 aromatic rings. The predicted octanol–water partition coefficient (Wildman–Crippen LogP) is 1.94.